The second-order valence-corrected chi connectivity index (χ2v) is 10.3. The van der Waals surface area contributed by atoms with E-state index in [1.54, 1.807) is 37.4 Å². The Kier molecular flexibility index (Phi) is 9.44. The van der Waals surface area contributed by atoms with Crippen LogP contribution in [0.2, 0.25) is 0 Å². The van der Waals surface area contributed by atoms with Gasteiger partial charge >= 0.3 is 5.97 Å². The molecular weight excluding hydrogens is 492 g/mol. The largest absolute Gasteiger partial charge is 0.486 e. The molecule has 2 atom stereocenters. The summed E-state index contributed by atoms with van der Waals surface area (Å²) in [5.74, 6) is -2.17. The fourth-order valence-corrected chi connectivity index (χ4v) is 4.65. The van der Waals surface area contributed by atoms with Crippen molar-refractivity contribution in [2.75, 3.05) is 14.2 Å². The van der Waals surface area contributed by atoms with Crippen molar-refractivity contribution in [1.29, 1.82) is 0 Å². The second-order valence-electron chi connectivity index (χ2n) is 10.3. The molecule has 0 amide bonds. The molecule has 0 aliphatic rings. The zero-order valence-corrected chi connectivity index (χ0v) is 22.7. The van der Waals surface area contributed by atoms with Gasteiger partial charge in [0, 0.05) is 18.7 Å². The van der Waals surface area contributed by atoms with Crippen molar-refractivity contribution in [1.82, 2.24) is 4.98 Å². The summed E-state index contributed by atoms with van der Waals surface area (Å²) in [7, 11) is 3.07. The van der Waals surface area contributed by atoms with Gasteiger partial charge in [0.1, 0.15) is 12.4 Å². The summed E-state index contributed by atoms with van der Waals surface area (Å²) >= 11 is 0. The molecule has 0 aliphatic heterocycles. The standard InChI is InChI=1S/C30H35F2NO5/c1-7-19(14-27(34)35)20-9-8-10-25(28(20)32)38-17-18-11-12-21(22-15-26(36-5)33-16-24(22)31)23(13-18)29(37-6)30(2,3)4/h8-13,15-16,19,29H,7,14,17H2,1-6H3,(H,34,35)/t19-,29-/m0/s1. The smallest absolute Gasteiger partial charge is 0.303 e. The van der Waals surface area contributed by atoms with Gasteiger partial charge in [0.05, 0.1) is 25.8 Å². The normalized spacial score (nSPS) is 13.2. The number of hydrogen-bond donors (Lipinski definition) is 1. The van der Waals surface area contributed by atoms with Crippen LogP contribution in [0, 0.1) is 17.0 Å². The summed E-state index contributed by atoms with van der Waals surface area (Å²) in [4.78, 5) is 15.2. The van der Waals surface area contributed by atoms with Gasteiger partial charge in [-0.25, -0.2) is 13.8 Å². The SMILES string of the molecule is CC[C@@H](CC(=O)O)c1cccc(OCc2ccc(-c3cc(OC)ncc3F)c([C@H](OC)C(C)(C)C)c2)c1F. The van der Waals surface area contributed by atoms with Gasteiger partial charge in [0.15, 0.2) is 11.6 Å². The molecule has 0 radical (unpaired) electrons. The van der Waals surface area contributed by atoms with Crippen LogP contribution in [0.15, 0.2) is 48.7 Å². The van der Waals surface area contributed by atoms with E-state index >= 15 is 4.39 Å². The van der Waals surface area contributed by atoms with Crippen LogP contribution in [0.3, 0.4) is 0 Å². The van der Waals surface area contributed by atoms with E-state index in [1.807, 2.05) is 33.8 Å². The molecule has 38 heavy (non-hydrogen) atoms. The zero-order chi connectivity index (χ0) is 28.0. The fourth-order valence-electron chi connectivity index (χ4n) is 4.65. The third kappa shape index (κ3) is 6.67. The first-order chi connectivity index (χ1) is 18.0. The maximum atomic E-state index is 15.3. The van der Waals surface area contributed by atoms with Crippen molar-refractivity contribution in [3.63, 3.8) is 0 Å². The van der Waals surface area contributed by atoms with Crippen LogP contribution in [0.1, 0.15) is 69.2 Å². The van der Waals surface area contributed by atoms with Gasteiger partial charge in [0.25, 0.3) is 0 Å². The first-order valence-corrected chi connectivity index (χ1v) is 12.5. The number of aromatic nitrogens is 1. The number of carbonyl (C=O) groups is 1. The number of aliphatic carboxylic acids is 1. The number of ether oxygens (including phenoxy) is 3. The molecule has 3 aromatic rings. The minimum atomic E-state index is -0.981. The molecule has 2 aromatic carbocycles. The van der Waals surface area contributed by atoms with Crippen molar-refractivity contribution < 1.29 is 32.9 Å². The molecule has 3 rings (SSSR count). The molecule has 1 heterocycles. The lowest BCUT2D eigenvalue weighted by molar-refractivity contribution is -0.137. The fraction of sp³-hybridized carbons (Fsp3) is 0.400. The van der Waals surface area contributed by atoms with Gasteiger partial charge < -0.3 is 19.3 Å². The minimum absolute atomic E-state index is 0.0426. The number of hydrogen-bond acceptors (Lipinski definition) is 5. The Morgan fingerprint density at radius 3 is 2.39 bits per heavy atom. The highest BCUT2D eigenvalue weighted by atomic mass is 19.1. The number of nitrogens with zero attached hydrogens (tertiary/aromatic N) is 1. The molecule has 0 saturated carbocycles. The quantitative estimate of drug-likeness (QED) is 0.282. The summed E-state index contributed by atoms with van der Waals surface area (Å²) in [5, 5.41) is 9.19. The van der Waals surface area contributed by atoms with Crippen molar-refractivity contribution >= 4 is 5.97 Å². The van der Waals surface area contributed by atoms with E-state index in [2.05, 4.69) is 4.98 Å². The molecule has 6 nitrogen and oxygen atoms in total. The lowest BCUT2D eigenvalue weighted by Crippen LogP contribution is -2.21. The van der Waals surface area contributed by atoms with E-state index in [4.69, 9.17) is 14.2 Å². The summed E-state index contributed by atoms with van der Waals surface area (Å²) in [6.07, 6.45) is 1.05. The Balaban J connectivity index is 2.00. The Morgan fingerprint density at radius 1 is 1.05 bits per heavy atom. The van der Waals surface area contributed by atoms with Crippen molar-refractivity contribution in [2.24, 2.45) is 5.41 Å². The van der Waals surface area contributed by atoms with E-state index in [9.17, 15) is 14.3 Å². The van der Waals surface area contributed by atoms with E-state index in [0.29, 0.717) is 23.1 Å². The highest BCUT2D eigenvalue weighted by Gasteiger charge is 2.30. The molecule has 204 valence electrons. The van der Waals surface area contributed by atoms with E-state index in [0.717, 1.165) is 17.3 Å². The Hall–Kier alpha value is -3.52. The molecule has 0 spiro atoms. The first kappa shape index (κ1) is 29.0. The third-order valence-electron chi connectivity index (χ3n) is 6.49. The van der Waals surface area contributed by atoms with E-state index < -0.39 is 29.6 Å². The molecule has 0 bridgehead atoms. The van der Waals surface area contributed by atoms with Crippen LogP contribution in [0.4, 0.5) is 8.78 Å². The Morgan fingerprint density at radius 2 is 1.79 bits per heavy atom. The van der Waals surface area contributed by atoms with Crippen LogP contribution in [0.25, 0.3) is 11.1 Å². The molecule has 0 aliphatic carbocycles. The number of pyridine rings is 1. The Bertz CT molecular complexity index is 1270. The van der Waals surface area contributed by atoms with Crippen molar-refractivity contribution in [3.05, 3.63) is 77.0 Å². The molecule has 0 saturated heterocycles. The monoisotopic (exact) mass is 527 g/mol. The number of carboxylic acid groups (broad SMARTS) is 1. The van der Waals surface area contributed by atoms with Gasteiger partial charge in [-0.15, -0.1) is 0 Å². The van der Waals surface area contributed by atoms with Crippen LogP contribution in [-0.2, 0) is 16.1 Å². The maximum absolute atomic E-state index is 15.3. The number of methoxy groups -OCH3 is 2. The number of halogens is 2. The predicted molar refractivity (Wildman–Crippen MR) is 141 cm³/mol. The van der Waals surface area contributed by atoms with E-state index in [1.165, 1.54) is 13.2 Å². The summed E-state index contributed by atoms with van der Waals surface area (Å²) in [5.41, 5.74) is 2.43. The molecular formula is C30H35F2NO5. The summed E-state index contributed by atoms with van der Waals surface area (Å²) < 4.78 is 47.1. The average Bonchev–Trinajstić information content (AvgIpc) is 2.87. The number of carboxylic acids is 1. The van der Waals surface area contributed by atoms with Crippen LogP contribution in [-0.4, -0.2) is 30.3 Å². The highest BCUT2D eigenvalue weighted by Crippen LogP contribution is 2.42. The third-order valence-corrected chi connectivity index (χ3v) is 6.49. The summed E-state index contributed by atoms with van der Waals surface area (Å²) in [6, 6.07) is 11.8. The molecule has 8 heteroatoms. The Labute approximate surface area is 222 Å². The maximum Gasteiger partial charge on any atom is 0.303 e. The van der Waals surface area contributed by atoms with Gasteiger partial charge in [-0.3, -0.25) is 4.79 Å². The van der Waals surface area contributed by atoms with Gasteiger partial charge in [-0.05, 0) is 52.1 Å². The van der Waals surface area contributed by atoms with Crippen LogP contribution < -0.4 is 9.47 Å². The lowest BCUT2D eigenvalue weighted by Gasteiger charge is -2.32. The zero-order valence-electron chi connectivity index (χ0n) is 22.7. The van der Waals surface area contributed by atoms with Crippen molar-refractivity contribution in [2.45, 2.75) is 59.2 Å². The van der Waals surface area contributed by atoms with Gasteiger partial charge in [-0.1, -0.05) is 52.0 Å². The van der Waals surface area contributed by atoms with Gasteiger partial charge in [-0.2, -0.15) is 0 Å². The van der Waals surface area contributed by atoms with Crippen LogP contribution in [0.5, 0.6) is 11.6 Å². The topological polar surface area (TPSA) is 77.9 Å². The van der Waals surface area contributed by atoms with E-state index in [-0.39, 0.29) is 30.1 Å². The van der Waals surface area contributed by atoms with Gasteiger partial charge in [0.2, 0.25) is 5.88 Å². The number of benzene rings is 2. The predicted octanol–water partition coefficient (Wildman–Crippen LogP) is 7.32. The van der Waals surface area contributed by atoms with Crippen molar-refractivity contribution in [3.8, 4) is 22.8 Å². The number of rotatable bonds is 11. The molecule has 1 N–H and O–H groups in total. The first-order valence-electron chi connectivity index (χ1n) is 12.5. The molecule has 0 unspecified atom stereocenters. The molecule has 1 aromatic heterocycles. The highest BCUT2D eigenvalue weighted by molar-refractivity contribution is 5.70. The average molecular weight is 528 g/mol. The lowest BCUT2D eigenvalue weighted by atomic mass is 9.81. The molecule has 0 fully saturated rings. The van der Waals surface area contributed by atoms with Crippen LogP contribution >= 0.6 is 0 Å². The minimum Gasteiger partial charge on any atom is -0.486 e. The second kappa shape index (κ2) is 12.3. The summed E-state index contributed by atoms with van der Waals surface area (Å²) in [6.45, 7) is 7.96.